The molecule has 11 heavy (non-hydrogen) atoms. The van der Waals surface area contributed by atoms with Crippen molar-refractivity contribution in [3.8, 4) is 0 Å². The molecule has 0 aromatic rings. The van der Waals surface area contributed by atoms with E-state index < -0.39 is 12.5 Å². The second kappa shape index (κ2) is 3.05. The van der Waals surface area contributed by atoms with Crippen LogP contribution in [0.5, 0.6) is 0 Å². The molecule has 0 amide bonds. The van der Waals surface area contributed by atoms with Gasteiger partial charge in [0.1, 0.15) is 0 Å². The number of halogens is 2. The Morgan fingerprint density at radius 3 is 2.45 bits per heavy atom. The number of hydrogen-bond acceptors (Lipinski definition) is 1. The molecule has 1 saturated carbocycles. The monoisotopic (exact) mass is 163 g/mol. The highest BCUT2D eigenvalue weighted by Crippen LogP contribution is 2.40. The van der Waals surface area contributed by atoms with E-state index in [0.29, 0.717) is 5.92 Å². The van der Waals surface area contributed by atoms with E-state index in [-0.39, 0.29) is 12.3 Å². The molecule has 0 saturated heterocycles. The van der Waals surface area contributed by atoms with Crippen LogP contribution in [0.4, 0.5) is 8.78 Å². The van der Waals surface area contributed by atoms with Crippen LogP contribution in [-0.4, -0.2) is 12.5 Å². The highest BCUT2D eigenvalue weighted by molar-refractivity contribution is 4.82. The SMILES string of the molecule is CC(CC(F)(F)CN)C1CC1. The van der Waals surface area contributed by atoms with Gasteiger partial charge < -0.3 is 5.73 Å². The molecule has 66 valence electrons. The Kier molecular flexibility index (Phi) is 2.47. The van der Waals surface area contributed by atoms with E-state index in [1.54, 1.807) is 0 Å². The Morgan fingerprint density at radius 2 is 2.09 bits per heavy atom. The van der Waals surface area contributed by atoms with Crippen molar-refractivity contribution in [2.75, 3.05) is 6.54 Å². The molecule has 3 heteroatoms. The summed E-state index contributed by atoms with van der Waals surface area (Å²) < 4.78 is 25.3. The van der Waals surface area contributed by atoms with Gasteiger partial charge in [0.25, 0.3) is 5.92 Å². The summed E-state index contributed by atoms with van der Waals surface area (Å²) in [4.78, 5) is 0. The van der Waals surface area contributed by atoms with E-state index in [2.05, 4.69) is 0 Å². The molecule has 0 bridgehead atoms. The summed E-state index contributed by atoms with van der Waals surface area (Å²) in [6.07, 6.45) is 2.22. The van der Waals surface area contributed by atoms with Gasteiger partial charge in [-0.2, -0.15) is 0 Å². The predicted octanol–water partition coefficient (Wildman–Crippen LogP) is 2.02. The molecular formula is C8H15F2N. The molecule has 1 atom stereocenters. The van der Waals surface area contributed by atoms with Crippen LogP contribution in [0.15, 0.2) is 0 Å². The third-order valence-corrected chi connectivity index (χ3v) is 2.35. The first-order valence-electron chi connectivity index (χ1n) is 4.13. The molecule has 1 unspecified atom stereocenters. The first kappa shape index (κ1) is 8.91. The topological polar surface area (TPSA) is 26.0 Å². The smallest absolute Gasteiger partial charge is 0.260 e. The van der Waals surface area contributed by atoms with Crippen molar-refractivity contribution in [1.29, 1.82) is 0 Å². The molecule has 1 aliphatic carbocycles. The van der Waals surface area contributed by atoms with Crippen molar-refractivity contribution in [3.05, 3.63) is 0 Å². The van der Waals surface area contributed by atoms with Crippen molar-refractivity contribution >= 4 is 0 Å². The van der Waals surface area contributed by atoms with Crippen LogP contribution in [0.25, 0.3) is 0 Å². The third kappa shape index (κ3) is 2.73. The van der Waals surface area contributed by atoms with Gasteiger partial charge >= 0.3 is 0 Å². The number of hydrogen-bond donors (Lipinski definition) is 1. The maximum atomic E-state index is 12.7. The highest BCUT2D eigenvalue weighted by atomic mass is 19.3. The molecule has 1 rings (SSSR count). The lowest BCUT2D eigenvalue weighted by Crippen LogP contribution is -2.30. The first-order chi connectivity index (χ1) is 5.05. The molecule has 1 nitrogen and oxygen atoms in total. The summed E-state index contributed by atoms with van der Waals surface area (Å²) in [6, 6.07) is 0. The largest absolute Gasteiger partial charge is 0.325 e. The van der Waals surface area contributed by atoms with Gasteiger partial charge in [0.2, 0.25) is 0 Å². The fraction of sp³-hybridized carbons (Fsp3) is 1.00. The molecule has 2 N–H and O–H groups in total. The fourth-order valence-corrected chi connectivity index (χ4v) is 1.39. The fourth-order valence-electron chi connectivity index (χ4n) is 1.39. The number of nitrogens with two attached hydrogens (primary N) is 1. The van der Waals surface area contributed by atoms with Gasteiger partial charge in [-0.15, -0.1) is 0 Å². The Morgan fingerprint density at radius 1 is 1.55 bits per heavy atom. The van der Waals surface area contributed by atoms with Gasteiger partial charge in [0.15, 0.2) is 0 Å². The summed E-state index contributed by atoms with van der Waals surface area (Å²) >= 11 is 0. The van der Waals surface area contributed by atoms with Crippen molar-refractivity contribution in [2.24, 2.45) is 17.6 Å². The van der Waals surface area contributed by atoms with Gasteiger partial charge in [-0.05, 0) is 24.7 Å². The third-order valence-electron chi connectivity index (χ3n) is 2.35. The average Bonchev–Trinajstić information content (AvgIpc) is 2.67. The van der Waals surface area contributed by atoms with Crippen LogP contribution in [0.1, 0.15) is 26.2 Å². The molecule has 0 aliphatic heterocycles. The normalized spacial score (nSPS) is 21.8. The lowest BCUT2D eigenvalue weighted by Gasteiger charge is -2.18. The van der Waals surface area contributed by atoms with Crippen molar-refractivity contribution in [3.63, 3.8) is 0 Å². The summed E-state index contributed by atoms with van der Waals surface area (Å²) in [6.45, 7) is 1.38. The zero-order chi connectivity index (χ0) is 8.48. The number of alkyl halides is 2. The van der Waals surface area contributed by atoms with E-state index >= 15 is 0 Å². The summed E-state index contributed by atoms with van der Waals surface area (Å²) in [5.74, 6) is -1.94. The maximum absolute atomic E-state index is 12.7. The van der Waals surface area contributed by atoms with Gasteiger partial charge in [0, 0.05) is 6.42 Å². The Bertz CT molecular complexity index is 132. The maximum Gasteiger partial charge on any atom is 0.260 e. The minimum atomic E-state index is -2.64. The molecule has 0 aromatic carbocycles. The van der Waals surface area contributed by atoms with Crippen molar-refractivity contribution in [2.45, 2.75) is 32.1 Å². The van der Waals surface area contributed by atoms with Crippen molar-refractivity contribution in [1.82, 2.24) is 0 Å². The second-order valence-corrected chi connectivity index (χ2v) is 3.58. The van der Waals surface area contributed by atoms with Crippen LogP contribution < -0.4 is 5.73 Å². The zero-order valence-corrected chi connectivity index (χ0v) is 6.82. The van der Waals surface area contributed by atoms with Crippen LogP contribution >= 0.6 is 0 Å². The molecule has 1 fully saturated rings. The van der Waals surface area contributed by atoms with E-state index in [1.165, 1.54) is 0 Å². The Labute approximate surface area is 66.0 Å². The predicted molar refractivity (Wildman–Crippen MR) is 40.5 cm³/mol. The zero-order valence-electron chi connectivity index (χ0n) is 6.82. The number of rotatable bonds is 4. The quantitative estimate of drug-likeness (QED) is 0.674. The summed E-state index contributed by atoms with van der Waals surface area (Å²) in [5.41, 5.74) is 4.93. The van der Waals surface area contributed by atoms with Gasteiger partial charge in [-0.3, -0.25) is 0 Å². The van der Waals surface area contributed by atoms with E-state index in [4.69, 9.17) is 5.73 Å². The molecule has 0 spiro atoms. The molecule has 1 aliphatic rings. The van der Waals surface area contributed by atoms with E-state index in [9.17, 15) is 8.78 Å². The van der Waals surface area contributed by atoms with Crippen LogP contribution in [0.2, 0.25) is 0 Å². The van der Waals surface area contributed by atoms with E-state index in [0.717, 1.165) is 12.8 Å². The van der Waals surface area contributed by atoms with Gasteiger partial charge in [-0.1, -0.05) is 6.92 Å². The first-order valence-corrected chi connectivity index (χ1v) is 4.13. The van der Waals surface area contributed by atoms with Crippen molar-refractivity contribution < 1.29 is 8.78 Å². The molecule has 0 heterocycles. The lowest BCUT2D eigenvalue weighted by molar-refractivity contribution is -0.0141. The summed E-state index contributed by atoms with van der Waals surface area (Å²) in [7, 11) is 0. The minimum absolute atomic E-state index is 0.0336. The minimum Gasteiger partial charge on any atom is -0.325 e. The van der Waals surface area contributed by atoms with E-state index in [1.807, 2.05) is 6.92 Å². The standard InChI is InChI=1S/C8H15F2N/c1-6(7-2-3-7)4-8(9,10)5-11/h6-7H,2-5,11H2,1H3. The lowest BCUT2D eigenvalue weighted by atomic mass is 9.98. The van der Waals surface area contributed by atoms with Gasteiger partial charge in [-0.25, -0.2) is 8.78 Å². The average molecular weight is 163 g/mol. The molecular weight excluding hydrogens is 148 g/mol. The molecule has 0 radical (unpaired) electrons. The Balaban J connectivity index is 2.27. The van der Waals surface area contributed by atoms with Crippen LogP contribution in [0, 0.1) is 11.8 Å². The summed E-state index contributed by atoms with van der Waals surface area (Å²) in [5, 5.41) is 0. The second-order valence-electron chi connectivity index (χ2n) is 3.58. The highest BCUT2D eigenvalue weighted by Gasteiger charge is 2.36. The Hall–Kier alpha value is -0.180. The molecule has 0 aromatic heterocycles. The van der Waals surface area contributed by atoms with Gasteiger partial charge in [0.05, 0.1) is 6.54 Å². The van der Waals surface area contributed by atoms with Crippen LogP contribution in [0.3, 0.4) is 0 Å². The van der Waals surface area contributed by atoms with Crippen LogP contribution in [-0.2, 0) is 0 Å².